The maximum Gasteiger partial charge on any atom is 0.223 e. The van der Waals surface area contributed by atoms with Gasteiger partial charge in [-0.25, -0.2) is 0 Å². The van der Waals surface area contributed by atoms with E-state index in [1.807, 2.05) is 6.92 Å². The number of rotatable bonds is 4. The topological polar surface area (TPSA) is 29.1 Å². The molecule has 88 valence electrons. The maximum atomic E-state index is 11.7. The Morgan fingerprint density at radius 2 is 2.00 bits per heavy atom. The van der Waals surface area contributed by atoms with Crippen LogP contribution in [0.15, 0.2) is 0 Å². The van der Waals surface area contributed by atoms with Gasteiger partial charge in [0.1, 0.15) is 0 Å². The second-order valence-corrected chi connectivity index (χ2v) is 5.26. The lowest BCUT2D eigenvalue weighted by atomic mass is 9.94. The van der Waals surface area contributed by atoms with Crippen molar-refractivity contribution in [3.63, 3.8) is 0 Å². The van der Waals surface area contributed by atoms with Crippen LogP contribution in [0.4, 0.5) is 0 Å². The van der Waals surface area contributed by atoms with E-state index >= 15 is 0 Å². The number of halogens is 1. The van der Waals surface area contributed by atoms with Crippen molar-refractivity contribution in [2.45, 2.75) is 63.8 Å². The predicted octanol–water partition coefficient (Wildman–Crippen LogP) is 3.09. The standard InChI is InChI=1S/C12H22ClNO/c1-3-4-9(2)12(15)14-11-7-5-10(13)6-8-11/h9-11H,3-8H2,1-2H3,(H,14,15). The van der Waals surface area contributed by atoms with Gasteiger partial charge in [0.2, 0.25) is 5.91 Å². The second-order valence-electron chi connectivity index (χ2n) is 4.65. The van der Waals surface area contributed by atoms with E-state index in [1.54, 1.807) is 0 Å². The second kappa shape index (κ2) is 6.37. The number of nitrogens with one attached hydrogen (secondary N) is 1. The van der Waals surface area contributed by atoms with E-state index in [1.165, 1.54) is 0 Å². The van der Waals surface area contributed by atoms with Crippen LogP contribution in [0.1, 0.15) is 52.4 Å². The molecule has 15 heavy (non-hydrogen) atoms. The lowest BCUT2D eigenvalue weighted by Gasteiger charge is -2.26. The summed E-state index contributed by atoms with van der Waals surface area (Å²) in [5.41, 5.74) is 0. The Bertz CT molecular complexity index is 200. The molecular formula is C12H22ClNO. The van der Waals surface area contributed by atoms with Gasteiger partial charge in [-0.2, -0.15) is 0 Å². The first-order valence-corrected chi connectivity index (χ1v) is 6.51. The molecular weight excluding hydrogens is 210 g/mol. The number of alkyl halides is 1. The highest BCUT2D eigenvalue weighted by Gasteiger charge is 2.22. The highest BCUT2D eigenvalue weighted by atomic mass is 35.5. The van der Waals surface area contributed by atoms with Crippen molar-refractivity contribution in [2.24, 2.45) is 5.92 Å². The van der Waals surface area contributed by atoms with Crippen molar-refractivity contribution in [3.05, 3.63) is 0 Å². The third-order valence-electron chi connectivity index (χ3n) is 3.17. The average Bonchev–Trinajstić information content (AvgIpc) is 2.22. The SMILES string of the molecule is CCCC(C)C(=O)NC1CCC(Cl)CC1. The molecule has 1 saturated carbocycles. The molecule has 1 N–H and O–H groups in total. The van der Waals surface area contributed by atoms with E-state index in [0.29, 0.717) is 11.4 Å². The van der Waals surface area contributed by atoms with Crippen molar-refractivity contribution in [2.75, 3.05) is 0 Å². The summed E-state index contributed by atoms with van der Waals surface area (Å²) < 4.78 is 0. The van der Waals surface area contributed by atoms with E-state index in [-0.39, 0.29) is 11.8 Å². The quantitative estimate of drug-likeness (QED) is 0.741. The average molecular weight is 232 g/mol. The van der Waals surface area contributed by atoms with Gasteiger partial charge in [-0.3, -0.25) is 4.79 Å². The Morgan fingerprint density at radius 3 is 2.53 bits per heavy atom. The Labute approximate surface area is 97.8 Å². The minimum Gasteiger partial charge on any atom is -0.353 e. The van der Waals surface area contributed by atoms with Crippen LogP contribution in [-0.4, -0.2) is 17.3 Å². The lowest BCUT2D eigenvalue weighted by Crippen LogP contribution is -2.40. The molecule has 3 heteroatoms. The predicted molar refractivity (Wildman–Crippen MR) is 64.1 cm³/mol. The molecule has 0 aromatic heterocycles. The molecule has 0 aliphatic heterocycles. The van der Waals surface area contributed by atoms with Gasteiger partial charge in [0.05, 0.1) is 0 Å². The maximum absolute atomic E-state index is 11.7. The first kappa shape index (κ1) is 12.8. The van der Waals surface area contributed by atoms with E-state index in [4.69, 9.17) is 11.6 Å². The molecule has 1 amide bonds. The minimum atomic E-state index is 0.156. The fourth-order valence-electron chi connectivity index (χ4n) is 2.10. The van der Waals surface area contributed by atoms with Crippen LogP contribution in [0.5, 0.6) is 0 Å². The molecule has 1 fully saturated rings. The summed E-state index contributed by atoms with van der Waals surface area (Å²) in [5.74, 6) is 0.374. The third kappa shape index (κ3) is 4.42. The van der Waals surface area contributed by atoms with Crippen molar-refractivity contribution < 1.29 is 4.79 Å². The zero-order valence-corrected chi connectivity index (χ0v) is 10.5. The highest BCUT2D eigenvalue weighted by molar-refractivity contribution is 6.20. The minimum absolute atomic E-state index is 0.156. The molecule has 1 rings (SSSR count). The number of carbonyl (C=O) groups excluding carboxylic acids is 1. The summed E-state index contributed by atoms with van der Waals surface area (Å²) in [6, 6.07) is 0.367. The fourth-order valence-corrected chi connectivity index (χ4v) is 2.36. The smallest absolute Gasteiger partial charge is 0.223 e. The number of hydrogen-bond acceptors (Lipinski definition) is 1. The van der Waals surface area contributed by atoms with Gasteiger partial charge in [0.15, 0.2) is 0 Å². The molecule has 0 radical (unpaired) electrons. The number of carbonyl (C=O) groups is 1. The van der Waals surface area contributed by atoms with Crippen LogP contribution in [0.25, 0.3) is 0 Å². The van der Waals surface area contributed by atoms with Gasteiger partial charge in [0.25, 0.3) is 0 Å². The van der Waals surface area contributed by atoms with Crippen LogP contribution in [0.2, 0.25) is 0 Å². The Balaban J connectivity index is 2.25. The van der Waals surface area contributed by atoms with Crippen LogP contribution in [-0.2, 0) is 4.79 Å². The van der Waals surface area contributed by atoms with Crippen LogP contribution < -0.4 is 5.32 Å². The molecule has 0 saturated heterocycles. The monoisotopic (exact) mass is 231 g/mol. The first-order valence-electron chi connectivity index (χ1n) is 6.08. The van der Waals surface area contributed by atoms with Crippen LogP contribution >= 0.6 is 11.6 Å². The molecule has 2 nitrogen and oxygen atoms in total. The Morgan fingerprint density at radius 1 is 1.40 bits per heavy atom. The summed E-state index contributed by atoms with van der Waals surface area (Å²) in [6.45, 7) is 4.12. The molecule has 1 atom stereocenters. The number of hydrogen-bond donors (Lipinski definition) is 1. The Hall–Kier alpha value is -0.240. The van der Waals surface area contributed by atoms with Gasteiger partial charge in [-0.1, -0.05) is 20.3 Å². The van der Waals surface area contributed by atoms with Crippen LogP contribution in [0.3, 0.4) is 0 Å². The summed E-state index contributed by atoms with van der Waals surface area (Å²) >= 11 is 6.02. The molecule has 1 unspecified atom stereocenters. The fraction of sp³-hybridized carbons (Fsp3) is 0.917. The molecule has 0 heterocycles. The summed E-state index contributed by atoms with van der Waals surface area (Å²) in [4.78, 5) is 11.7. The summed E-state index contributed by atoms with van der Waals surface area (Å²) in [6.07, 6.45) is 6.21. The van der Waals surface area contributed by atoms with E-state index in [0.717, 1.165) is 38.5 Å². The summed E-state index contributed by atoms with van der Waals surface area (Å²) in [5, 5.41) is 3.45. The molecule has 1 aliphatic rings. The molecule has 0 spiro atoms. The van der Waals surface area contributed by atoms with Gasteiger partial charge in [0, 0.05) is 17.3 Å². The molecule has 0 bridgehead atoms. The van der Waals surface area contributed by atoms with Gasteiger partial charge in [-0.15, -0.1) is 11.6 Å². The largest absolute Gasteiger partial charge is 0.353 e. The molecule has 0 aromatic carbocycles. The zero-order chi connectivity index (χ0) is 11.3. The van der Waals surface area contributed by atoms with E-state index < -0.39 is 0 Å². The van der Waals surface area contributed by atoms with Gasteiger partial charge >= 0.3 is 0 Å². The van der Waals surface area contributed by atoms with Gasteiger partial charge < -0.3 is 5.32 Å². The molecule has 0 aromatic rings. The van der Waals surface area contributed by atoms with E-state index in [2.05, 4.69) is 12.2 Å². The van der Waals surface area contributed by atoms with Crippen molar-refractivity contribution >= 4 is 17.5 Å². The first-order chi connectivity index (χ1) is 7.13. The van der Waals surface area contributed by atoms with Crippen molar-refractivity contribution in [1.82, 2.24) is 5.32 Å². The zero-order valence-electron chi connectivity index (χ0n) is 9.76. The number of amides is 1. The van der Waals surface area contributed by atoms with Gasteiger partial charge in [-0.05, 0) is 32.1 Å². The third-order valence-corrected chi connectivity index (χ3v) is 3.61. The van der Waals surface area contributed by atoms with Crippen LogP contribution in [0, 0.1) is 5.92 Å². The van der Waals surface area contributed by atoms with Crippen molar-refractivity contribution in [3.8, 4) is 0 Å². The highest BCUT2D eigenvalue weighted by Crippen LogP contribution is 2.23. The molecule has 1 aliphatic carbocycles. The normalized spacial score (nSPS) is 28.5. The lowest BCUT2D eigenvalue weighted by molar-refractivity contribution is -0.125. The van der Waals surface area contributed by atoms with Crippen molar-refractivity contribution in [1.29, 1.82) is 0 Å². The van der Waals surface area contributed by atoms with E-state index in [9.17, 15) is 4.79 Å². The summed E-state index contributed by atoms with van der Waals surface area (Å²) in [7, 11) is 0. The Kier molecular flexibility index (Phi) is 5.44.